The van der Waals surface area contributed by atoms with Crippen LogP contribution in [-0.4, -0.2) is 30.5 Å². The summed E-state index contributed by atoms with van der Waals surface area (Å²) >= 11 is 0. The van der Waals surface area contributed by atoms with E-state index in [4.69, 9.17) is 14.2 Å². The number of methoxy groups -OCH3 is 2. The Hall–Kier alpha value is -1.26. The van der Waals surface area contributed by atoms with E-state index < -0.39 is 16.8 Å². The lowest BCUT2D eigenvalue weighted by atomic mass is 9.76. The normalized spacial score (nSPS) is 27.4. The minimum atomic E-state index is -1.17. The SMILES string of the molecule is COc1cccc(OC)c1C1(O)CC(C)(C)OC1(C)C. The largest absolute Gasteiger partial charge is 0.496 e. The topological polar surface area (TPSA) is 47.9 Å². The lowest BCUT2D eigenvalue weighted by molar-refractivity contribution is -0.130. The molecular weight excluding hydrogens is 256 g/mol. The van der Waals surface area contributed by atoms with E-state index in [1.54, 1.807) is 14.2 Å². The first-order chi connectivity index (χ1) is 9.17. The lowest BCUT2D eigenvalue weighted by Crippen LogP contribution is -2.44. The fourth-order valence-electron chi connectivity index (χ4n) is 3.29. The molecule has 1 heterocycles. The molecule has 1 atom stereocenters. The minimum absolute atomic E-state index is 0.413. The summed E-state index contributed by atoms with van der Waals surface area (Å²) in [6.07, 6.45) is 0.476. The van der Waals surface area contributed by atoms with Gasteiger partial charge < -0.3 is 19.3 Å². The average molecular weight is 280 g/mol. The van der Waals surface area contributed by atoms with Crippen LogP contribution in [0.5, 0.6) is 11.5 Å². The summed E-state index contributed by atoms with van der Waals surface area (Å²) in [6.45, 7) is 7.75. The van der Waals surface area contributed by atoms with E-state index in [0.717, 1.165) is 0 Å². The third-order valence-electron chi connectivity index (χ3n) is 4.05. The van der Waals surface area contributed by atoms with Crippen molar-refractivity contribution < 1.29 is 19.3 Å². The summed E-state index contributed by atoms with van der Waals surface area (Å²) in [5.41, 5.74) is -1.67. The summed E-state index contributed by atoms with van der Waals surface area (Å²) in [5, 5.41) is 11.4. The number of benzene rings is 1. The highest BCUT2D eigenvalue weighted by atomic mass is 16.6. The first-order valence-electron chi connectivity index (χ1n) is 6.81. The number of aliphatic hydroxyl groups is 1. The van der Waals surface area contributed by atoms with Gasteiger partial charge in [0.05, 0.1) is 31.0 Å². The Morgan fingerprint density at radius 1 is 1.05 bits per heavy atom. The molecular formula is C16H24O4. The molecule has 0 aromatic heterocycles. The van der Waals surface area contributed by atoms with Gasteiger partial charge in [-0.3, -0.25) is 0 Å². The van der Waals surface area contributed by atoms with Gasteiger partial charge in [0.2, 0.25) is 0 Å². The maximum absolute atomic E-state index is 11.4. The molecule has 4 nitrogen and oxygen atoms in total. The standard InChI is InChI=1S/C16H24O4/c1-14(2)10-16(17,15(3,4)20-14)13-11(18-5)8-7-9-12(13)19-6/h7-9,17H,10H2,1-6H3. The quantitative estimate of drug-likeness (QED) is 0.925. The van der Waals surface area contributed by atoms with Crippen LogP contribution in [0.15, 0.2) is 18.2 Å². The van der Waals surface area contributed by atoms with E-state index in [1.165, 1.54) is 0 Å². The van der Waals surface area contributed by atoms with Crippen molar-refractivity contribution in [1.29, 1.82) is 0 Å². The second-order valence-corrected chi connectivity index (χ2v) is 6.45. The van der Waals surface area contributed by atoms with Crippen LogP contribution in [0.1, 0.15) is 39.7 Å². The van der Waals surface area contributed by atoms with Gasteiger partial charge in [-0.05, 0) is 39.8 Å². The summed E-state index contributed by atoms with van der Waals surface area (Å²) < 4.78 is 16.9. The third kappa shape index (κ3) is 2.17. The Balaban J connectivity index is 2.66. The molecule has 0 spiro atoms. The fourth-order valence-corrected chi connectivity index (χ4v) is 3.29. The van der Waals surface area contributed by atoms with E-state index in [-0.39, 0.29) is 0 Å². The molecule has 0 bridgehead atoms. The Labute approximate surface area is 120 Å². The van der Waals surface area contributed by atoms with Gasteiger partial charge in [-0.2, -0.15) is 0 Å². The van der Waals surface area contributed by atoms with Crippen molar-refractivity contribution in [2.24, 2.45) is 0 Å². The smallest absolute Gasteiger partial charge is 0.128 e. The van der Waals surface area contributed by atoms with E-state index in [0.29, 0.717) is 23.5 Å². The molecule has 112 valence electrons. The summed E-state index contributed by atoms with van der Waals surface area (Å²) in [5.74, 6) is 1.22. The van der Waals surface area contributed by atoms with E-state index in [1.807, 2.05) is 45.9 Å². The third-order valence-corrected chi connectivity index (χ3v) is 4.05. The van der Waals surface area contributed by atoms with E-state index >= 15 is 0 Å². The summed E-state index contributed by atoms with van der Waals surface area (Å²) in [4.78, 5) is 0. The molecule has 1 N–H and O–H groups in total. The average Bonchev–Trinajstić information content (AvgIpc) is 2.52. The van der Waals surface area contributed by atoms with E-state index in [9.17, 15) is 5.11 Å². The molecule has 1 unspecified atom stereocenters. The van der Waals surface area contributed by atoms with Gasteiger partial charge in [0.15, 0.2) is 0 Å². The maximum Gasteiger partial charge on any atom is 0.128 e. The highest BCUT2D eigenvalue weighted by Gasteiger charge is 2.59. The predicted molar refractivity (Wildman–Crippen MR) is 77.3 cm³/mol. The molecule has 1 aliphatic heterocycles. The van der Waals surface area contributed by atoms with Crippen molar-refractivity contribution in [2.75, 3.05) is 14.2 Å². The molecule has 1 aromatic rings. The second kappa shape index (κ2) is 4.64. The van der Waals surface area contributed by atoms with Crippen LogP contribution in [0.2, 0.25) is 0 Å². The van der Waals surface area contributed by atoms with Crippen molar-refractivity contribution in [3.8, 4) is 11.5 Å². The number of hydrogen-bond acceptors (Lipinski definition) is 4. The zero-order chi connectivity index (χ0) is 15.2. The molecule has 4 heteroatoms. The first kappa shape index (κ1) is 15.1. The molecule has 0 saturated carbocycles. The number of hydrogen-bond donors (Lipinski definition) is 1. The molecule has 0 amide bonds. The molecule has 20 heavy (non-hydrogen) atoms. The Morgan fingerprint density at radius 2 is 1.55 bits per heavy atom. The van der Waals surface area contributed by atoms with Crippen LogP contribution < -0.4 is 9.47 Å². The molecule has 2 rings (SSSR count). The number of ether oxygens (including phenoxy) is 3. The van der Waals surface area contributed by atoms with Gasteiger partial charge in [-0.1, -0.05) is 6.07 Å². The van der Waals surface area contributed by atoms with Crippen molar-refractivity contribution in [2.45, 2.75) is 50.9 Å². The minimum Gasteiger partial charge on any atom is -0.496 e. The Bertz CT molecular complexity index is 485. The van der Waals surface area contributed by atoms with Crippen molar-refractivity contribution in [3.05, 3.63) is 23.8 Å². The van der Waals surface area contributed by atoms with Gasteiger partial charge in [0.25, 0.3) is 0 Å². The van der Waals surface area contributed by atoms with Crippen molar-refractivity contribution in [1.82, 2.24) is 0 Å². The van der Waals surface area contributed by atoms with Gasteiger partial charge in [-0.25, -0.2) is 0 Å². The first-order valence-corrected chi connectivity index (χ1v) is 6.81. The van der Waals surface area contributed by atoms with Crippen LogP contribution in [-0.2, 0) is 10.3 Å². The van der Waals surface area contributed by atoms with Crippen LogP contribution in [0, 0.1) is 0 Å². The molecule has 0 radical (unpaired) electrons. The van der Waals surface area contributed by atoms with Gasteiger partial charge in [0.1, 0.15) is 17.1 Å². The maximum atomic E-state index is 11.4. The Kier molecular flexibility index (Phi) is 3.51. The van der Waals surface area contributed by atoms with E-state index in [2.05, 4.69) is 0 Å². The molecule has 1 saturated heterocycles. The second-order valence-electron chi connectivity index (χ2n) is 6.45. The zero-order valence-electron chi connectivity index (χ0n) is 13.1. The highest BCUT2D eigenvalue weighted by Crippen LogP contribution is 2.55. The van der Waals surface area contributed by atoms with Crippen LogP contribution >= 0.6 is 0 Å². The van der Waals surface area contributed by atoms with Crippen LogP contribution in [0.3, 0.4) is 0 Å². The van der Waals surface area contributed by atoms with Crippen molar-refractivity contribution >= 4 is 0 Å². The lowest BCUT2D eigenvalue weighted by Gasteiger charge is -2.37. The van der Waals surface area contributed by atoms with Crippen LogP contribution in [0.25, 0.3) is 0 Å². The fraction of sp³-hybridized carbons (Fsp3) is 0.625. The molecule has 1 aliphatic rings. The molecule has 0 aliphatic carbocycles. The zero-order valence-corrected chi connectivity index (χ0v) is 13.1. The van der Waals surface area contributed by atoms with Crippen LogP contribution in [0.4, 0.5) is 0 Å². The van der Waals surface area contributed by atoms with Gasteiger partial charge >= 0.3 is 0 Å². The molecule has 1 fully saturated rings. The number of rotatable bonds is 3. The summed E-state index contributed by atoms with van der Waals surface area (Å²) in [6, 6.07) is 5.51. The van der Waals surface area contributed by atoms with Crippen molar-refractivity contribution in [3.63, 3.8) is 0 Å². The monoisotopic (exact) mass is 280 g/mol. The highest BCUT2D eigenvalue weighted by molar-refractivity contribution is 5.50. The Morgan fingerprint density at radius 3 is 1.90 bits per heavy atom. The molecule has 1 aromatic carbocycles. The van der Waals surface area contributed by atoms with Gasteiger partial charge in [-0.15, -0.1) is 0 Å². The van der Waals surface area contributed by atoms with Gasteiger partial charge in [0, 0.05) is 6.42 Å². The predicted octanol–water partition coefficient (Wildman–Crippen LogP) is 2.87. The summed E-state index contributed by atoms with van der Waals surface area (Å²) in [7, 11) is 3.19.